The van der Waals surface area contributed by atoms with E-state index in [0.29, 0.717) is 11.3 Å². The fourth-order valence-electron chi connectivity index (χ4n) is 2.12. The molecule has 0 saturated carbocycles. The predicted octanol–water partition coefficient (Wildman–Crippen LogP) is 3.45. The first-order chi connectivity index (χ1) is 10.6. The van der Waals surface area contributed by atoms with Crippen molar-refractivity contribution in [1.29, 1.82) is 0 Å². The standard InChI is InChI=1S/C17H20N2O3/c1-3-5-12(2)18-16(20)13-7-9-14(10-8-13)19-17(21)15-6-4-11-22-15/h4,6-12H,3,5H2,1-2H3,(H,18,20)(H,19,21)/t12-/m0/s1. The first kappa shape index (κ1) is 15.8. The van der Waals surface area contributed by atoms with Gasteiger partial charge in [0.25, 0.3) is 11.8 Å². The zero-order chi connectivity index (χ0) is 15.9. The van der Waals surface area contributed by atoms with Crippen molar-refractivity contribution in [1.82, 2.24) is 5.32 Å². The lowest BCUT2D eigenvalue weighted by Gasteiger charge is -2.13. The molecule has 0 unspecified atom stereocenters. The van der Waals surface area contributed by atoms with Gasteiger partial charge in [-0.1, -0.05) is 13.3 Å². The van der Waals surface area contributed by atoms with Crippen molar-refractivity contribution in [3.63, 3.8) is 0 Å². The van der Waals surface area contributed by atoms with Crippen LogP contribution in [0.2, 0.25) is 0 Å². The fourth-order valence-corrected chi connectivity index (χ4v) is 2.12. The number of hydrogen-bond donors (Lipinski definition) is 2. The van der Waals surface area contributed by atoms with Crippen LogP contribution in [-0.2, 0) is 0 Å². The van der Waals surface area contributed by atoms with Crippen LogP contribution in [0.15, 0.2) is 47.1 Å². The molecule has 0 bridgehead atoms. The summed E-state index contributed by atoms with van der Waals surface area (Å²) in [5.74, 6) is -0.182. The van der Waals surface area contributed by atoms with Crippen molar-refractivity contribution < 1.29 is 14.0 Å². The van der Waals surface area contributed by atoms with Crippen molar-refractivity contribution in [2.24, 2.45) is 0 Å². The Morgan fingerprint density at radius 3 is 2.45 bits per heavy atom. The van der Waals surface area contributed by atoms with Gasteiger partial charge < -0.3 is 15.1 Å². The van der Waals surface area contributed by atoms with Crippen LogP contribution in [0.5, 0.6) is 0 Å². The number of anilines is 1. The molecule has 0 aliphatic rings. The van der Waals surface area contributed by atoms with Gasteiger partial charge in [-0.2, -0.15) is 0 Å². The molecule has 2 amide bonds. The summed E-state index contributed by atoms with van der Waals surface area (Å²) in [5.41, 5.74) is 1.18. The van der Waals surface area contributed by atoms with Crippen LogP contribution in [0, 0.1) is 0 Å². The minimum Gasteiger partial charge on any atom is -0.459 e. The van der Waals surface area contributed by atoms with Crippen LogP contribution in [0.4, 0.5) is 5.69 Å². The minimum absolute atomic E-state index is 0.107. The molecular weight excluding hydrogens is 280 g/mol. The number of carbonyl (C=O) groups is 2. The second-order valence-corrected chi connectivity index (χ2v) is 5.17. The molecule has 2 N–H and O–H groups in total. The topological polar surface area (TPSA) is 71.3 Å². The molecule has 2 rings (SSSR count). The number of hydrogen-bond acceptors (Lipinski definition) is 3. The number of benzene rings is 1. The molecule has 1 aromatic carbocycles. The highest BCUT2D eigenvalue weighted by Gasteiger charge is 2.11. The first-order valence-corrected chi connectivity index (χ1v) is 7.36. The van der Waals surface area contributed by atoms with E-state index < -0.39 is 0 Å². The number of amides is 2. The Hall–Kier alpha value is -2.56. The third-order valence-corrected chi connectivity index (χ3v) is 3.25. The van der Waals surface area contributed by atoms with Crippen LogP contribution in [0.25, 0.3) is 0 Å². The first-order valence-electron chi connectivity index (χ1n) is 7.36. The average molecular weight is 300 g/mol. The summed E-state index contributed by atoms with van der Waals surface area (Å²) >= 11 is 0. The molecule has 22 heavy (non-hydrogen) atoms. The van der Waals surface area contributed by atoms with Gasteiger partial charge in [-0.3, -0.25) is 9.59 Å². The third kappa shape index (κ3) is 4.22. The van der Waals surface area contributed by atoms with E-state index >= 15 is 0 Å². The summed E-state index contributed by atoms with van der Waals surface area (Å²) in [6.07, 6.45) is 3.42. The van der Waals surface area contributed by atoms with Crippen LogP contribution in [0.1, 0.15) is 47.6 Å². The monoisotopic (exact) mass is 300 g/mol. The summed E-state index contributed by atoms with van der Waals surface area (Å²) in [6, 6.07) is 10.2. The van der Waals surface area contributed by atoms with Crippen molar-refractivity contribution in [2.45, 2.75) is 32.7 Å². The molecule has 1 aromatic heterocycles. The Morgan fingerprint density at radius 2 is 1.86 bits per heavy atom. The summed E-state index contributed by atoms with van der Waals surface area (Å²) in [4.78, 5) is 23.9. The van der Waals surface area contributed by atoms with Gasteiger partial charge in [0.1, 0.15) is 0 Å². The number of furan rings is 1. The van der Waals surface area contributed by atoms with Gasteiger partial charge in [0.05, 0.1) is 6.26 Å². The Bertz CT molecular complexity index is 618. The highest BCUT2D eigenvalue weighted by Crippen LogP contribution is 2.12. The zero-order valence-corrected chi connectivity index (χ0v) is 12.8. The van der Waals surface area contributed by atoms with E-state index in [0.717, 1.165) is 12.8 Å². The van der Waals surface area contributed by atoms with Gasteiger partial charge in [-0.25, -0.2) is 0 Å². The Morgan fingerprint density at radius 1 is 1.14 bits per heavy atom. The third-order valence-electron chi connectivity index (χ3n) is 3.25. The molecule has 5 heteroatoms. The van der Waals surface area contributed by atoms with Crippen molar-refractivity contribution >= 4 is 17.5 Å². The second kappa shape index (κ2) is 7.45. The van der Waals surface area contributed by atoms with E-state index in [1.165, 1.54) is 6.26 Å². The van der Waals surface area contributed by atoms with Crippen molar-refractivity contribution in [3.05, 3.63) is 54.0 Å². The molecule has 0 radical (unpaired) electrons. The smallest absolute Gasteiger partial charge is 0.291 e. The largest absolute Gasteiger partial charge is 0.459 e. The van der Waals surface area contributed by atoms with Crippen molar-refractivity contribution in [3.8, 4) is 0 Å². The number of carbonyl (C=O) groups excluding carboxylic acids is 2. The molecule has 0 spiro atoms. The Balaban J connectivity index is 1.95. The zero-order valence-electron chi connectivity index (χ0n) is 12.8. The van der Waals surface area contributed by atoms with Crippen molar-refractivity contribution in [2.75, 3.05) is 5.32 Å². The Kier molecular flexibility index (Phi) is 5.36. The second-order valence-electron chi connectivity index (χ2n) is 5.17. The molecule has 0 aliphatic carbocycles. The van der Waals surface area contributed by atoms with E-state index in [4.69, 9.17) is 4.42 Å². The summed E-state index contributed by atoms with van der Waals surface area (Å²) in [5, 5.41) is 5.65. The lowest BCUT2D eigenvalue weighted by Crippen LogP contribution is -2.32. The maximum atomic E-state index is 12.0. The van der Waals surface area contributed by atoms with Gasteiger partial charge in [0.15, 0.2) is 5.76 Å². The van der Waals surface area contributed by atoms with Crippen LogP contribution in [-0.4, -0.2) is 17.9 Å². The molecule has 2 aromatic rings. The van der Waals surface area contributed by atoms with E-state index in [2.05, 4.69) is 17.6 Å². The molecule has 116 valence electrons. The fraction of sp³-hybridized carbons (Fsp3) is 0.294. The molecule has 0 fully saturated rings. The quantitative estimate of drug-likeness (QED) is 0.858. The van der Waals surface area contributed by atoms with Gasteiger partial charge in [-0.15, -0.1) is 0 Å². The summed E-state index contributed by atoms with van der Waals surface area (Å²) < 4.78 is 5.02. The van der Waals surface area contributed by atoms with Gasteiger partial charge >= 0.3 is 0 Å². The molecule has 0 saturated heterocycles. The van der Waals surface area contributed by atoms with Crippen LogP contribution < -0.4 is 10.6 Å². The van der Waals surface area contributed by atoms with Crippen LogP contribution >= 0.6 is 0 Å². The Labute approximate surface area is 129 Å². The minimum atomic E-state index is -0.321. The highest BCUT2D eigenvalue weighted by atomic mass is 16.3. The maximum absolute atomic E-state index is 12.0. The highest BCUT2D eigenvalue weighted by molar-refractivity contribution is 6.02. The SMILES string of the molecule is CCC[C@H](C)NC(=O)c1ccc(NC(=O)c2ccco2)cc1. The predicted molar refractivity (Wildman–Crippen MR) is 84.9 cm³/mol. The van der Waals surface area contributed by atoms with Gasteiger partial charge in [0, 0.05) is 17.3 Å². The normalized spacial score (nSPS) is 11.7. The van der Waals surface area contributed by atoms with E-state index in [9.17, 15) is 9.59 Å². The molecule has 1 heterocycles. The van der Waals surface area contributed by atoms with E-state index in [1.54, 1.807) is 36.4 Å². The van der Waals surface area contributed by atoms with E-state index in [-0.39, 0.29) is 23.6 Å². The molecular formula is C17H20N2O3. The molecule has 0 aliphatic heterocycles. The van der Waals surface area contributed by atoms with E-state index in [1.807, 2.05) is 6.92 Å². The van der Waals surface area contributed by atoms with Crippen LogP contribution in [0.3, 0.4) is 0 Å². The number of nitrogens with one attached hydrogen (secondary N) is 2. The lowest BCUT2D eigenvalue weighted by molar-refractivity contribution is 0.0937. The lowest BCUT2D eigenvalue weighted by atomic mass is 10.1. The molecule has 1 atom stereocenters. The molecule has 5 nitrogen and oxygen atoms in total. The number of rotatable bonds is 6. The average Bonchev–Trinajstić information content (AvgIpc) is 3.02. The summed E-state index contributed by atoms with van der Waals surface area (Å²) in [6.45, 7) is 4.07. The van der Waals surface area contributed by atoms with Gasteiger partial charge in [0.2, 0.25) is 0 Å². The summed E-state index contributed by atoms with van der Waals surface area (Å²) in [7, 11) is 0. The van der Waals surface area contributed by atoms with Gasteiger partial charge in [-0.05, 0) is 49.7 Å². The maximum Gasteiger partial charge on any atom is 0.291 e.